The van der Waals surface area contributed by atoms with E-state index in [0.717, 1.165) is 70.0 Å². The predicted molar refractivity (Wildman–Crippen MR) is 98.4 cm³/mol. The minimum Gasteiger partial charge on any atom is -0.377 e. The van der Waals surface area contributed by atoms with Crippen molar-refractivity contribution in [3.63, 3.8) is 0 Å². The van der Waals surface area contributed by atoms with Gasteiger partial charge in [0.2, 0.25) is 5.91 Å². The van der Waals surface area contributed by atoms with Crippen molar-refractivity contribution >= 4 is 5.91 Å². The van der Waals surface area contributed by atoms with Gasteiger partial charge in [0.15, 0.2) is 0 Å². The number of hydrogen-bond donors (Lipinski definition) is 0. The molecule has 0 saturated carbocycles. The van der Waals surface area contributed by atoms with Crippen molar-refractivity contribution in [3.05, 3.63) is 23.8 Å². The zero-order valence-corrected chi connectivity index (χ0v) is 15.8. The highest BCUT2D eigenvalue weighted by atomic mass is 16.5. The van der Waals surface area contributed by atoms with E-state index in [0.29, 0.717) is 24.2 Å². The number of carbonyl (C=O) groups is 1. The Morgan fingerprint density at radius 2 is 2.08 bits per heavy atom. The Labute approximate surface area is 155 Å². The number of hydrogen-bond acceptors (Lipinski definition) is 5. The maximum atomic E-state index is 12.6. The van der Waals surface area contributed by atoms with Crippen molar-refractivity contribution < 1.29 is 9.53 Å². The largest absolute Gasteiger partial charge is 0.377 e. The number of likely N-dealkylation sites (tertiary alicyclic amines) is 2. The molecular formula is C20H30N4O2. The maximum Gasteiger partial charge on any atom is 0.225 e. The average molecular weight is 358 g/mol. The summed E-state index contributed by atoms with van der Waals surface area (Å²) in [7, 11) is 0. The van der Waals surface area contributed by atoms with Gasteiger partial charge in [-0.3, -0.25) is 19.7 Å². The fourth-order valence-electron chi connectivity index (χ4n) is 4.78. The molecule has 3 saturated heterocycles. The van der Waals surface area contributed by atoms with Gasteiger partial charge < -0.3 is 9.64 Å². The third-order valence-corrected chi connectivity index (χ3v) is 6.15. The molecule has 4 heterocycles. The molecule has 0 aliphatic carbocycles. The fourth-order valence-corrected chi connectivity index (χ4v) is 4.78. The van der Waals surface area contributed by atoms with Gasteiger partial charge in [-0.25, -0.2) is 0 Å². The summed E-state index contributed by atoms with van der Waals surface area (Å²) in [6.07, 6.45) is 9.03. The molecule has 0 spiro atoms. The Morgan fingerprint density at radius 1 is 1.23 bits per heavy atom. The molecule has 3 aliphatic rings. The molecule has 1 aromatic rings. The molecule has 26 heavy (non-hydrogen) atoms. The number of amides is 1. The van der Waals surface area contributed by atoms with Crippen LogP contribution in [0.2, 0.25) is 0 Å². The zero-order chi connectivity index (χ0) is 17.9. The summed E-state index contributed by atoms with van der Waals surface area (Å²) in [6.45, 7) is 7.59. The van der Waals surface area contributed by atoms with Crippen LogP contribution in [0.1, 0.15) is 43.5 Å². The van der Waals surface area contributed by atoms with E-state index in [4.69, 9.17) is 4.74 Å². The van der Waals surface area contributed by atoms with Crippen LogP contribution in [0, 0.1) is 18.8 Å². The molecule has 3 atom stereocenters. The van der Waals surface area contributed by atoms with E-state index in [-0.39, 0.29) is 6.10 Å². The van der Waals surface area contributed by atoms with Gasteiger partial charge in [-0.2, -0.15) is 0 Å². The van der Waals surface area contributed by atoms with Gasteiger partial charge in [-0.1, -0.05) is 0 Å². The van der Waals surface area contributed by atoms with Gasteiger partial charge >= 0.3 is 0 Å². The lowest BCUT2D eigenvalue weighted by atomic mass is 9.83. The minimum atomic E-state index is 0.121. The topological polar surface area (TPSA) is 58.6 Å². The number of nitrogens with zero attached hydrogens (tertiary/aromatic N) is 4. The van der Waals surface area contributed by atoms with Crippen LogP contribution in [-0.4, -0.2) is 64.6 Å². The summed E-state index contributed by atoms with van der Waals surface area (Å²) in [5.41, 5.74) is 2.01. The van der Waals surface area contributed by atoms with Crippen molar-refractivity contribution in [2.24, 2.45) is 11.8 Å². The van der Waals surface area contributed by atoms with Crippen LogP contribution in [0.3, 0.4) is 0 Å². The van der Waals surface area contributed by atoms with E-state index in [1.54, 1.807) is 6.20 Å². The van der Waals surface area contributed by atoms with Gasteiger partial charge in [-0.05, 0) is 45.1 Å². The molecule has 3 fully saturated rings. The smallest absolute Gasteiger partial charge is 0.225 e. The Hall–Kier alpha value is -1.53. The molecule has 0 aromatic carbocycles. The molecule has 6 nitrogen and oxygen atoms in total. The number of fused-ring (bicyclic) bond motifs is 1. The molecule has 1 aromatic heterocycles. The Morgan fingerprint density at radius 3 is 2.88 bits per heavy atom. The molecule has 6 heteroatoms. The van der Waals surface area contributed by atoms with E-state index in [9.17, 15) is 4.79 Å². The molecule has 1 amide bonds. The number of ether oxygens (including phenoxy) is 1. The van der Waals surface area contributed by atoms with E-state index in [1.165, 1.54) is 6.42 Å². The first-order chi connectivity index (χ1) is 12.7. The monoisotopic (exact) mass is 358 g/mol. The molecule has 4 rings (SSSR count). The summed E-state index contributed by atoms with van der Waals surface area (Å²) in [5.74, 6) is 1.37. The summed E-state index contributed by atoms with van der Waals surface area (Å²) in [5, 5.41) is 0. The zero-order valence-electron chi connectivity index (χ0n) is 15.8. The second kappa shape index (κ2) is 8.01. The quantitative estimate of drug-likeness (QED) is 0.824. The number of carbonyl (C=O) groups excluding carboxylic acids is 1. The normalized spacial score (nSPS) is 29.6. The number of piperidine rings is 2. The average Bonchev–Trinajstić information content (AvgIpc) is 3.04. The van der Waals surface area contributed by atoms with Crippen LogP contribution in [0.5, 0.6) is 0 Å². The first-order valence-electron chi connectivity index (χ1n) is 10.1. The number of aryl methyl sites for hydroxylation is 1. The van der Waals surface area contributed by atoms with Gasteiger partial charge in [0.05, 0.1) is 30.5 Å². The van der Waals surface area contributed by atoms with E-state index < -0.39 is 0 Å². The molecule has 142 valence electrons. The lowest BCUT2D eigenvalue weighted by Crippen LogP contribution is -2.43. The second-order valence-corrected chi connectivity index (χ2v) is 8.12. The molecular weight excluding hydrogens is 328 g/mol. The van der Waals surface area contributed by atoms with E-state index >= 15 is 0 Å². The van der Waals surface area contributed by atoms with Crippen molar-refractivity contribution in [2.45, 2.75) is 51.7 Å². The molecule has 0 bridgehead atoms. The van der Waals surface area contributed by atoms with Crippen LogP contribution < -0.4 is 0 Å². The van der Waals surface area contributed by atoms with Crippen LogP contribution in [-0.2, 0) is 16.1 Å². The van der Waals surface area contributed by atoms with Crippen molar-refractivity contribution in [3.8, 4) is 0 Å². The standard InChI is InChI=1S/C20H30N4O2/c1-15-10-21-11-17(22-15)13-23-8-5-18-16(12-23)14-26-19(18)9-20(25)24-6-3-2-4-7-24/h10-11,16,18-19H,2-9,12-14H2,1H3/t16-,18-,19+/m1/s1. The van der Waals surface area contributed by atoms with Gasteiger partial charge in [0, 0.05) is 44.5 Å². The van der Waals surface area contributed by atoms with Crippen LogP contribution >= 0.6 is 0 Å². The highest BCUT2D eigenvalue weighted by molar-refractivity contribution is 5.76. The van der Waals surface area contributed by atoms with Crippen LogP contribution in [0.25, 0.3) is 0 Å². The lowest BCUT2D eigenvalue weighted by Gasteiger charge is -2.36. The van der Waals surface area contributed by atoms with Crippen LogP contribution in [0.4, 0.5) is 0 Å². The predicted octanol–water partition coefficient (Wildman–Crippen LogP) is 2.02. The summed E-state index contributed by atoms with van der Waals surface area (Å²) >= 11 is 0. The molecule has 3 aliphatic heterocycles. The summed E-state index contributed by atoms with van der Waals surface area (Å²) in [4.78, 5) is 25.9. The van der Waals surface area contributed by atoms with Crippen molar-refractivity contribution in [2.75, 3.05) is 32.8 Å². The Kier molecular flexibility index (Phi) is 5.50. The minimum absolute atomic E-state index is 0.121. The fraction of sp³-hybridized carbons (Fsp3) is 0.750. The molecule has 0 unspecified atom stereocenters. The third kappa shape index (κ3) is 4.07. The van der Waals surface area contributed by atoms with Crippen molar-refractivity contribution in [1.82, 2.24) is 19.8 Å². The van der Waals surface area contributed by atoms with Gasteiger partial charge in [0.1, 0.15) is 0 Å². The van der Waals surface area contributed by atoms with Gasteiger partial charge in [0.25, 0.3) is 0 Å². The maximum absolute atomic E-state index is 12.6. The Bertz CT molecular complexity index is 632. The van der Waals surface area contributed by atoms with Crippen molar-refractivity contribution in [1.29, 1.82) is 0 Å². The summed E-state index contributed by atoms with van der Waals surface area (Å²) < 4.78 is 6.08. The SMILES string of the molecule is Cc1cncc(CN2CC[C@@H]3[C@@H](CO[C@H]3CC(=O)N3CCCCC3)C2)n1. The number of rotatable bonds is 4. The van der Waals surface area contributed by atoms with Gasteiger partial charge in [-0.15, -0.1) is 0 Å². The summed E-state index contributed by atoms with van der Waals surface area (Å²) in [6, 6.07) is 0. The molecule has 0 radical (unpaired) electrons. The van der Waals surface area contributed by atoms with Crippen LogP contribution in [0.15, 0.2) is 12.4 Å². The third-order valence-electron chi connectivity index (χ3n) is 6.15. The second-order valence-electron chi connectivity index (χ2n) is 8.12. The highest BCUT2D eigenvalue weighted by Gasteiger charge is 2.42. The first kappa shape index (κ1) is 17.9. The lowest BCUT2D eigenvalue weighted by molar-refractivity contribution is -0.134. The Balaban J connectivity index is 1.29. The van der Waals surface area contributed by atoms with E-state index in [1.807, 2.05) is 18.0 Å². The highest BCUT2D eigenvalue weighted by Crippen LogP contribution is 2.36. The first-order valence-corrected chi connectivity index (χ1v) is 10.1. The van der Waals surface area contributed by atoms with E-state index in [2.05, 4.69) is 14.9 Å². The number of aromatic nitrogens is 2. The molecule has 0 N–H and O–H groups in total.